The summed E-state index contributed by atoms with van der Waals surface area (Å²) in [5.41, 5.74) is 7.28. The molecule has 2 aromatic heterocycles. The Bertz CT molecular complexity index is 716. The van der Waals surface area contributed by atoms with Gasteiger partial charge in [-0.15, -0.1) is 11.3 Å². The number of benzene rings is 1. The lowest BCUT2D eigenvalue weighted by Crippen LogP contribution is -2.03. The second-order valence-corrected chi connectivity index (χ2v) is 5.35. The topological polar surface area (TPSA) is 56.7 Å². The highest BCUT2D eigenvalue weighted by molar-refractivity contribution is 7.11. The van der Waals surface area contributed by atoms with Crippen LogP contribution in [-0.4, -0.2) is 14.5 Å². The van der Waals surface area contributed by atoms with E-state index in [1.165, 1.54) is 12.1 Å². The number of nitrogens with zero attached hydrogens (tertiary/aromatic N) is 3. The third-order valence-electron chi connectivity index (χ3n) is 2.72. The number of nitrogen functional groups attached to an aromatic ring is 1. The van der Waals surface area contributed by atoms with E-state index in [4.69, 9.17) is 5.73 Å². The summed E-state index contributed by atoms with van der Waals surface area (Å²) >= 11 is 1.60. The predicted octanol–water partition coefficient (Wildman–Crippen LogP) is 2.57. The number of nitrogens with two attached hydrogens (primary N) is 1. The number of thiazole rings is 1. The summed E-state index contributed by atoms with van der Waals surface area (Å²) in [5, 5.41) is 0.999. The van der Waals surface area contributed by atoms with Gasteiger partial charge < -0.3 is 10.3 Å². The zero-order valence-electron chi connectivity index (χ0n) is 9.72. The lowest BCUT2D eigenvalue weighted by Gasteiger charge is -2.03. The summed E-state index contributed by atoms with van der Waals surface area (Å²) in [6.07, 6.45) is 1.81. The molecule has 0 spiro atoms. The molecule has 2 heterocycles. The molecule has 0 aliphatic carbocycles. The number of aryl methyl sites for hydroxylation is 1. The van der Waals surface area contributed by atoms with E-state index in [1.54, 1.807) is 22.0 Å². The van der Waals surface area contributed by atoms with E-state index >= 15 is 0 Å². The van der Waals surface area contributed by atoms with Crippen molar-refractivity contribution >= 4 is 28.3 Å². The molecular formula is C12H11FN4S. The molecule has 92 valence electrons. The Labute approximate surface area is 107 Å². The standard InChI is InChI=1S/C12H11FN4S/c1-7-15-5-9(18-7)6-17-11-4-8(13)2-3-10(11)16-12(17)14/h2-5H,6H2,1H3,(H2,14,16). The van der Waals surface area contributed by atoms with Gasteiger partial charge in [0.25, 0.3) is 0 Å². The SMILES string of the molecule is Cc1ncc(Cn2c(N)nc3ccc(F)cc32)s1. The molecule has 0 saturated heterocycles. The summed E-state index contributed by atoms with van der Waals surface area (Å²) in [5.74, 6) is 0.103. The van der Waals surface area contributed by atoms with Gasteiger partial charge >= 0.3 is 0 Å². The third kappa shape index (κ3) is 1.84. The summed E-state index contributed by atoms with van der Waals surface area (Å²) in [4.78, 5) is 9.48. The number of rotatable bonds is 2. The number of hydrogen-bond donors (Lipinski definition) is 1. The van der Waals surface area contributed by atoms with Crippen LogP contribution in [0.5, 0.6) is 0 Å². The minimum absolute atomic E-state index is 0.288. The molecule has 3 rings (SSSR count). The van der Waals surface area contributed by atoms with Gasteiger partial charge in [-0.25, -0.2) is 14.4 Å². The summed E-state index contributed by atoms with van der Waals surface area (Å²) in [6.45, 7) is 2.51. The lowest BCUT2D eigenvalue weighted by molar-refractivity contribution is 0.628. The second kappa shape index (κ2) is 4.06. The molecule has 1 aromatic carbocycles. The van der Waals surface area contributed by atoms with Gasteiger partial charge in [0.2, 0.25) is 5.95 Å². The van der Waals surface area contributed by atoms with E-state index in [2.05, 4.69) is 9.97 Å². The molecule has 0 atom stereocenters. The van der Waals surface area contributed by atoms with Crippen molar-refractivity contribution in [1.82, 2.24) is 14.5 Å². The van der Waals surface area contributed by atoms with Gasteiger partial charge in [0.05, 0.1) is 22.6 Å². The van der Waals surface area contributed by atoms with Crippen LogP contribution in [0.4, 0.5) is 10.3 Å². The molecule has 18 heavy (non-hydrogen) atoms. The molecule has 2 N–H and O–H groups in total. The van der Waals surface area contributed by atoms with Gasteiger partial charge in [0, 0.05) is 11.1 Å². The molecule has 0 radical (unpaired) electrons. The Balaban J connectivity index is 2.10. The fraction of sp³-hybridized carbons (Fsp3) is 0.167. The molecule has 0 aliphatic heterocycles. The highest BCUT2D eigenvalue weighted by atomic mass is 32.1. The van der Waals surface area contributed by atoms with Crippen LogP contribution in [0.3, 0.4) is 0 Å². The monoisotopic (exact) mass is 262 g/mol. The Morgan fingerprint density at radius 1 is 1.44 bits per heavy atom. The van der Waals surface area contributed by atoms with Crippen LogP contribution in [0.2, 0.25) is 0 Å². The minimum atomic E-state index is -0.288. The summed E-state index contributed by atoms with van der Waals surface area (Å²) < 4.78 is 15.1. The Morgan fingerprint density at radius 2 is 2.28 bits per heavy atom. The second-order valence-electron chi connectivity index (χ2n) is 4.03. The number of aromatic nitrogens is 3. The number of hydrogen-bond acceptors (Lipinski definition) is 4. The molecule has 0 fully saturated rings. The molecular weight excluding hydrogens is 251 g/mol. The highest BCUT2D eigenvalue weighted by Crippen LogP contribution is 2.22. The Kier molecular flexibility index (Phi) is 2.52. The van der Waals surface area contributed by atoms with E-state index in [-0.39, 0.29) is 5.82 Å². The van der Waals surface area contributed by atoms with Gasteiger partial charge in [-0.3, -0.25) is 0 Å². The van der Waals surface area contributed by atoms with Gasteiger partial charge in [-0.2, -0.15) is 0 Å². The summed E-state index contributed by atoms with van der Waals surface area (Å²) in [7, 11) is 0. The fourth-order valence-corrected chi connectivity index (χ4v) is 2.70. The molecule has 4 nitrogen and oxygen atoms in total. The van der Waals surface area contributed by atoms with Crippen molar-refractivity contribution < 1.29 is 4.39 Å². The number of anilines is 1. The van der Waals surface area contributed by atoms with Gasteiger partial charge in [0.1, 0.15) is 5.82 Å². The molecule has 3 aromatic rings. The summed E-state index contributed by atoms with van der Waals surface area (Å²) in [6, 6.07) is 4.47. The van der Waals surface area contributed by atoms with Crippen LogP contribution in [0.15, 0.2) is 24.4 Å². The zero-order valence-corrected chi connectivity index (χ0v) is 10.5. The van der Waals surface area contributed by atoms with Crippen molar-refractivity contribution in [1.29, 1.82) is 0 Å². The van der Waals surface area contributed by atoms with E-state index in [9.17, 15) is 4.39 Å². The average Bonchev–Trinajstić information content (AvgIpc) is 2.86. The molecule has 0 bridgehead atoms. The van der Waals surface area contributed by atoms with Crippen molar-refractivity contribution in [3.8, 4) is 0 Å². The predicted molar refractivity (Wildman–Crippen MR) is 70.1 cm³/mol. The first kappa shape index (κ1) is 11.2. The maximum atomic E-state index is 13.3. The maximum absolute atomic E-state index is 13.3. The zero-order chi connectivity index (χ0) is 12.7. The van der Waals surface area contributed by atoms with Crippen molar-refractivity contribution in [2.24, 2.45) is 0 Å². The largest absolute Gasteiger partial charge is 0.369 e. The molecule has 0 saturated carbocycles. The number of halogens is 1. The van der Waals surface area contributed by atoms with Crippen LogP contribution < -0.4 is 5.73 Å². The van der Waals surface area contributed by atoms with E-state index < -0.39 is 0 Å². The Hall–Kier alpha value is -1.95. The number of imidazole rings is 1. The van der Waals surface area contributed by atoms with Crippen LogP contribution in [0.25, 0.3) is 11.0 Å². The normalized spacial score (nSPS) is 11.2. The maximum Gasteiger partial charge on any atom is 0.201 e. The first-order valence-electron chi connectivity index (χ1n) is 5.46. The van der Waals surface area contributed by atoms with Crippen molar-refractivity contribution in [3.63, 3.8) is 0 Å². The Morgan fingerprint density at radius 3 is 3.00 bits per heavy atom. The van der Waals surface area contributed by atoms with Crippen LogP contribution in [-0.2, 0) is 6.54 Å². The molecule has 6 heteroatoms. The van der Waals surface area contributed by atoms with Gasteiger partial charge in [-0.1, -0.05) is 0 Å². The highest BCUT2D eigenvalue weighted by Gasteiger charge is 2.10. The molecule has 0 amide bonds. The van der Waals surface area contributed by atoms with E-state index in [0.717, 1.165) is 9.88 Å². The first-order chi connectivity index (χ1) is 8.63. The van der Waals surface area contributed by atoms with Crippen molar-refractivity contribution in [2.45, 2.75) is 13.5 Å². The van der Waals surface area contributed by atoms with Crippen LogP contribution in [0.1, 0.15) is 9.88 Å². The van der Waals surface area contributed by atoms with Gasteiger partial charge in [0.15, 0.2) is 0 Å². The third-order valence-corrected chi connectivity index (χ3v) is 3.62. The molecule has 0 unspecified atom stereocenters. The van der Waals surface area contributed by atoms with Crippen molar-refractivity contribution in [2.75, 3.05) is 5.73 Å². The van der Waals surface area contributed by atoms with Crippen LogP contribution >= 0.6 is 11.3 Å². The molecule has 0 aliphatic rings. The van der Waals surface area contributed by atoms with E-state index in [0.29, 0.717) is 23.5 Å². The quantitative estimate of drug-likeness (QED) is 0.772. The van der Waals surface area contributed by atoms with E-state index in [1.807, 2.05) is 13.1 Å². The fourth-order valence-electron chi connectivity index (χ4n) is 1.91. The minimum Gasteiger partial charge on any atom is -0.369 e. The van der Waals surface area contributed by atoms with Crippen LogP contribution in [0, 0.1) is 12.7 Å². The average molecular weight is 262 g/mol. The smallest absolute Gasteiger partial charge is 0.201 e. The lowest BCUT2D eigenvalue weighted by atomic mass is 10.3. The number of fused-ring (bicyclic) bond motifs is 1. The van der Waals surface area contributed by atoms with Crippen molar-refractivity contribution in [3.05, 3.63) is 40.1 Å². The first-order valence-corrected chi connectivity index (χ1v) is 6.28. The van der Waals surface area contributed by atoms with Gasteiger partial charge in [-0.05, 0) is 25.1 Å².